The molecule has 0 amide bonds. The Labute approximate surface area is 114 Å². The molecule has 3 rings (SSSR count). The highest BCUT2D eigenvalue weighted by Crippen LogP contribution is 2.33. The molecule has 2 unspecified atom stereocenters. The number of hydrogen-bond acceptors (Lipinski definition) is 2. The van der Waals surface area contributed by atoms with Crippen LogP contribution in [-0.4, -0.2) is 0 Å². The SMILES string of the molecule is c1ccc(C2CCCC(c3ccccc3)N=N2)cc1. The smallest absolute Gasteiger partial charge is 0.0957 e. The first kappa shape index (κ1) is 12.1. The Hall–Kier alpha value is -1.96. The zero-order valence-electron chi connectivity index (χ0n) is 10.9. The van der Waals surface area contributed by atoms with Crippen molar-refractivity contribution in [1.29, 1.82) is 0 Å². The van der Waals surface area contributed by atoms with Crippen molar-refractivity contribution in [3.63, 3.8) is 0 Å². The lowest BCUT2D eigenvalue weighted by atomic mass is 9.98. The van der Waals surface area contributed by atoms with Crippen molar-refractivity contribution in [2.45, 2.75) is 31.3 Å². The minimum atomic E-state index is 0.231. The number of rotatable bonds is 2. The molecule has 2 heteroatoms. The van der Waals surface area contributed by atoms with Crippen molar-refractivity contribution in [1.82, 2.24) is 0 Å². The Balaban J connectivity index is 1.79. The van der Waals surface area contributed by atoms with Gasteiger partial charge in [0.1, 0.15) is 0 Å². The maximum absolute atomic E-state index is 4.58. The topological polar surface area (TPSA) is 24.7 Å². The Kier molecular flexibility index (Phi) is 3.68. The summed E-state index contributed by atoms with van der Waals surface area (Å²) in [4.78, 5) is 0. The van der Waals surface area contributed by atoms with Crippen LogP contribution >= 0.6 is 0 Å². The third-order valence-corrected chi connectivity index (χ3v) is 3.67. The molecule has 0 spiro atoms. The van der Waals surface area contributed by atoms with Crippen LogP contribution in [0, 0.1) is 0 Å². The maximum Gasteiger partial charge on any atom is 0.0957 e. The van der Waals surface area contributed by atoms with Gasteiger partial charge in [0, 0.05) is 0 Å². The molecule has 1 heterocycles. The van der Waals surface area contributed by atoms with E-state index in [-0.39, 0.29) is 12.1 Å². The van der Waals surface area contributed by atoms with E-state index in [1.54, 1.807) is 0 Å². The Bertz CT molecular complexity index is 484. The van der Waals surface area contributed by atoms with Gasteiger partial charge in [-0.25, -0.2) is 0 Å². The summed E-state index contributed by atoms with van der Waals surface area (Å²) in [7, 11) is 0. The van der Waals surface area contributed by atoms with Crippen molar-refractivity contribution >= 4 is 0 Å². The van der Waals surface area contributed by atoms with Crippen LogP contribution < -0.4 is 0 Å². The molecule has 1 aliphatic rings. The Morgan fingerprint density at radius 3 is 1.47 bits per heavy atom. The van der Waals surface area contributed by atoms with Crippen LogP contribution in [0.4, 0.5) is 0 Å². The molecule has 0 bridgehead atoms. The van der Waals surface area contributed by atoms with Crippen LogP contribution in [0.3, 0.4) is 0 Å². The van der Waals surface area contributed by atoms with Gasteiger partial charge < -0.3 is 0 Å². The van der Waals surface area contributed by atoms with E-state index in [0.717, 1.165) is 12.8 Å². The molecule has 0 saturated heterocycles. The lowest BCUT2D eigenvalue weighted by molar-refractivity contribution is 0.599. The van der Waals surface area contributed by atoms with Crippen molar-refractivity contribution in [2.75, 3.05) is 0 Å². The summed E-state index contributed by atoms with van der Waals surface area (Å²) in [6, 6.07) is 21.4. The highest BCUT2D eigenvalue weighted by molar-refractivity contribution is 5.21. The van der Waals surface area contributed by atoms with E-state index >= 15 is 0 Å². The molecular weight excluding hydrogens is 232 g/mol. The predicted octanol–water partition coefficient (Wildman–Crippen LogP) is 5.11. The van der Waals surface area contributed by atoms with Gasteiger partial charge in [-0.15, -0.1) is 0 Å². The van der Waals surface area contributed by atoms with Gasteiger partial charge >= 0.3 is 0 Å². The van der Waals surface area contributed by atoms with Crippen LogP contribution in [-0.2, 0) is 0 Å². The molecule has 1 aliphatic heterocycles. The average molecular weight is 250 g/mol. The quantitative estimate of drug-likeness (QED) is 0.708. The number of hydrogen-bond donors (Lipinski definition) is 0. The maximum atomic E-state index is 4.58. The Morgan fingerprint density at radius 2 is 1.05 bits per heavy atom. The Morgan fingerprint density at radius 1 is 0.632 bits per heavy atom. The minimum absolute atomic E-state index is 0.231. The van der Waals surface area contributed by atoms with Crippen LogP contribution in [0.5, 0.6) is 0 Å². The van der Waals surface area contributed by atoms with Gasteiger partial charge in [0.15, 0.2) is 0 Å². The molecule has 0 radical (unpaired) electrons. The van der Waals surface area contributed by atoms with Crippen molar-refractivity contribution in [3.8, 4) is 0 Å². The van der Waals surface area contributed by atoms with E-state index in [4.69, 9.17) is 0 Å². The van der Waals surface area contributed by atoms with E-state index in [1.165, 1.54) is 17.5 Å². The molecule has 96 valence electrons. The summed E-state index contributed by atoms with van der Waals surface area (Å²) in [5, 5.41) is 9.15. The number of azo groups is 1. The third-order valence-electron chi connectivity index (χ3n) is 3.67. The van der Waals surface area contributed by atoms with E-state index in [0.29, 0.717) is 0 Å². The van der Waals surface area contributed by atoms with E-state index < -0.39 is 0 Å². The number of nitrogens with zero attached hydrogens (tertiary/aromatic N) is 2. The lowest BCUT2D eigenvalue weighted by Crippen LogP contribution is -1.93. The summed E-state index contributed by atoms with van der Waals surface area (Å²) in [5.74, 6) is 0. The van der Waals surface area contributed by atoms with Gasteiger partial charge in [0.2, 0.25) is 0 Å². The zero-order valence-corrected chi connectivity index (χ0v) is 10.9. The highest BCUT2D eigenvalue weighted by atomic mass is 15.1. The first-order valence-electron chi connectivity index (χ1n) is 6.93. The van der Waals surface area contributed by atoms with Crippen LogP contribution in [0.15, 0.2) is 70.9 Å². The summed E-state index contributed by atoms with van der Waals surface area (Å²) < 4.78 is 0. The molecule has 2 aromatic rings. The van der Waals surface area contributed by atoms with Crippen LogP contribution in [0.1, 0.15) is 42.5 Å². The lowest BCUT2D eigenvalue weighted by Gasteiger charge is -2.08. The predicted molar refractivity (Wildman–Crippen MR) is 77.1 cm³/mol. The van der Waals surface area contributed by atoms with Gasteiger partial charge in [0.25, 0.3) is 0 Å². The summed E-state index contributed by atoms with van der Waals surface area (Å²) >= 11 is 0. The van der Waals surface area contributed by atoms with E-state index in [1.807, 2.05) is 12.1 Å². The van der Waals surface area contributed by atoms with E-state index in [9.17, 15) is 0 Å². The summed E-state index contributed by atoms with van der Waals surface area (Å²) in [6.07, 6.45) is 3.36. The standard InChI is InChI=1S/C17H18N2/c1-3-8-14(9-4-1)16-12-7-13-17(19-18-16)15-10-5-2-6-11-15/h1-6,8-11,16-17H,7,12-13H2. The first-order valence-corrected chi connectivity index (χ1v) is 6.93. The van der Waals surface area contributed by atoms with E-state index in [2.05, 4.69) is 58.8 Å². The third kappa shape index (κ3) is 2.90. The minimum Gasteiger partial charge on any atom is -0.185 e. The van der Waals surface area contributed by atoms with Gasteiger partial charge in [0.05, 0.1) is 12.1 Å². The van der Waals surface area contributed by atoms with Gasteiger partial charge in [-0.1, -0.05) is 60.7 Å². The van der Waals surface area contributed by atoms with Crippen molar-refractivity contribution < 1.29 is 0 Å². The fourth-order valence-electron chi connectivity index (χ4n) is 2.60. The molecule has 0 aliphatic carbocycles. The normalized spacial score (nSPS) is 22.9. The van der Waals surface area contributed by atoms with Crippen molar-refractivity contribution in [3.05, 3.63) is 71.8 Å². The summed E-state index contributed by atoms with van der Waals surface area (Å²) in [6.45, 7) is 0. The zero-order chi connectivity index (χ0) is 12.9. The fraction of sp³-hybridized carbons (Fsp3) is 0.294. The molecule has 0 N–H and O–H groups in total. The fourth-order valence-corrected chi connectivity index (χ4v) is 2.60. The molecule has 2 atom stereocenters. The molecule has 2 aromatic carbocycles. The second-order valence-corrected chi connectivity index (χ2v) is 5.01. The molecule has 19 heavy (non-hydrogen) atoms. The second-order valence-electron chi connectivity index (χ2n) is 5.01. The molecular formula is C17H18N2. The highest BCUT2D eigenvalue weighted by Gasteiger charge is 2.18. The van der Waals surface area contributed by atoms with Crippen LogP contribution in [0.2, 0.25) is 0 Å². The molecule has 2 nitrogen and oxygen atoms in total. The average Bonchev–Trinajstić information content (AvgIpc) is 2.75. The van der Waals surface area contributed by atoms with Gasteiger partial charge in [-0.3, -0.25) is 0 Å². The molecule has 0 aromatic heterocycles. The van der Waals surface area contributed by atoms with Gasteiger partial charge in [-0.05, 0) is 30.4 Å². The van der Waals surface area contributed by atoms with Gasteiger partial charge in [-0.2, -0.15) is 10.2 Å². The largest absolute Gasteiger partial charge is 0.185 e. The molecule has 0 fully saturated rings. The first-order chi connectivity index (χ1) is 9.43. The molecule has 0 saturated carbocycles. The van der Waals surface area contributed by atoms with Crippen molar-refractivity contribution in [2.24, 2.45) is 10.2 Å². The van der Waals surface area contributed by atoms with Crippen LogP contribution in [0.25, 0.3) is 0 Å². The monoisotopic (exact) mass is 250 g/mol. The second kappa shape index (κ2) is 5.79. The number of benzene rings is 2. The summed E-state index contributed by atoms with van der Waals surface area (Å²) in [5.41, 5.74) is 2.56.